The van der Waals surface area contributed by atoms with Crippen molar-refractivity contribution in [3.8, 4) is 6.07 Å². The number of nitriles is 1. The van der Waals surface area contributed by atoms with E-state index in [-0.39, 0.29) is 5.69 Å². The minimum atomic E-state index is -0.478. The Labute approximate surface area is 122 Å². The third kappa shape index (κ3) is 3.20. The SMILES string of the molecule is N#C/C(=C/c1ccc(I)o1)c1ccc([N+](=O)[O-])cc1. The first-order chi connectivity index (χ1) is 9.10. The number of nitro groups is 1. The number of non-ortho nitro benzene ring substituents is 1. The largest absolute Gasteiger partial charge is 0.451 e. The Bertz CT molecular complexity index is 681. The highest BCUT2D eigenvalue weighted by atomic mass is 127. The van der Waals surface area contributed by atoms with E-state index in [0.717, 1.165) is 3.77 Å². The summed E-state index contributed by atoms with van der Waals surface area (Å²) in [5.41, 5.74) is 0.994. The maximum Gasteiger partial charge on any atom is 0.269 e. The molecule has 0 aliphatic rings. The molecule has 94 valence electrons. The van der Waals surface area contributed by atoms with Crippen LogP contribution >= 0.6 is 22.6 Å². The molecule has 0 saturated carbocycles. The van der Waals surface area contributed by atoms with Crippen LogP contribution < -0.4 is 0 Å². The van der Waals surface area contributed by atoms with Gasteiger partial charge in [-0.25, -0.2) is 0 Å². The summed E-state index contributed by atoms with van der Waals surface area (Å²) in [5, 5.41) is 19.7. The van der Waals surface area contributed by atoms with Crippen LogP contribution in [0.2, 0.25) is 0 Å². The van der Waals surface area contributed by atoms with Crippen LogP contribution in [-0.2, 0) is 0 Å². The quantitative estimate of drug-likeness (QED) is 0.358. The summed E-state index contributed by atoms with van der Waals surface area (Å²) in [6, 6.07) is 11.4. The van der Waals surface area contributed by atoms with Crippen LogP contribution in [0.5, 0.6) is 0 Å². The molecule has 0 atom stereocenters. The molecule has 0 spiro atoms. The lowest BCUT2D eigenvalue weighted by molar-refractivity contribution is -0.384. The molecule has 0 saturated heterocycles. The molecule has 0 aliphatic heterocycles. The highest BCUT2D eigenvalue weighted by Crippen LogP contribution is 2.22. The molecule has 5 nitrogen and oxygen atoms in total. The van der Waals surface area contributed by atoms with Gasteiger partial charge in [0.15, 0.2) is 3.77 Å². The Morgan fingerprint density at radius 2 is 2.00 bits per heavy atom. The molecule has 1 aromatic carbocycles. The lowest BCUT2D eigenvalue weighted by Gasteiger charge is -1.98. The Morgan fingerprint density at radius 3 is 2.47 bits per heavy atom. The number of benzene rings is 1. The summed E-state index contributed by atoms with van der Waals surface area (Å²) < 4.78 is 6.08. The van der Waals surface area contributed by atoms with Crippen LogP contribution in [0.15, 0.2) is 40.8 Å². The van der Waals surface area contributed by atoms with Gasteiger partial charge in [0.2, 0.25) is 0 Å². The van der Waals surface area contributed by atoms with E-state index in [0.29, 0.717) is 16.9 Å². The van der Waals surface area contributed by atoms with E-state index in [1.807, 2.05) is 22.6 Å². The van der Waals surface area contributed by atoms with Crippen molar-refractivity contribution in [3.05, 3.63) is 61.6 Å². The normalized spacial score (nSPS) is 11.1. The van der Waals surface area contributed by atoms with Crippen molar-refractivity contribution >= 4 is 39.9 Å². The van der Waals surface area contributed by atoms with Crippen molar-refractivity contribution in [1.82, 2.24) is 0 Å². The molecule has 0 aliphatic carbocycles. The molecule has 0 fully saturated rings. The van der Waals surface area contributed by atoms with Crippen LogP contribution in [0.4, 0.5) is 5.69 Å². The lowest BCUT2D eigenvalue weighted by atomic mass is 10.1. The van der Waals surface area contributed by atoms with Crippen LogP contribution in [0.3, 0.4) is 0 Å². The molecule has 0 unspecified atom stereocenters. The molecule has 1 heterocycles. The molecule has 2 aromatic rings. The topological polar surface area (TPSA) is 80.1 Å². The van der Waals surface area contributed by atoms with Crippen LogP contribution in [0.25, 0.3) is 11.6 Å². The average molecular weight is 366 g/mol. The summed E-state index contributed by atoms with van der Waals surface area (Å²) in [7, 11) is 0. The second-order valence-corrected chi connectivity index (χ2v) is 4.68. The van der Waals surface area contributed by atoms with Gasteiger partial charge >= 0.3 is 0 Å². The van der Waals surface area contributed by atoms with Crippen molar-refractivity contribution in [3.63, 3.8) is 0 Å². The third-order valence-corrected chi connectivity index (χ3v) is 2.97. The molecule has 1 aromatic heterocycles. The van der Waals surface area contributed by atoms with Crippen molar-refractivity contribution in [2.24, 2.45) is 0 Å². The fourth-order valence-electron chi connectivity index (χ4n) is 1.49. The Hall–Kier alpha value is -2.14. The van der Waals surface area contributed by atoms with E-state index in [9.17, 15) is 10.1 Å². The summed E-state index contributed by atoms with van der Waals surface area (Å²) >= 11 is 2.03. The zero-order valence-electron chi connectivity index (χ0n) is 9.54. The van der Waals surface area contributed by atoms with Gasteiger partial charge in [0.1, 0.15) is 5.76 Å². The Balaban J connectivity index is 2.35. The molecule has 2 rings (SSSR count). The van der Waals surface area contributed by atoms with Gasteiger partial charge in [-0.3, -0.25) is 10.1 Å². The predicted molar refractivity (Wildman–Crippen MR) is 78.0 cm³/mol. The lowest BCUT2D eigenvalue weighted by Crippen LogP contribution is -1.88. The zero-order chi connectivity index (χ0) is 13.8. The first kappa shape index (κ1) is 13.3. The summed E-state index contributed by atoms with van der Waals surface area (Å²) in [5.74, 6) is 0.569. The van der Waals surface area contributed by atoms with Crippen molar-refractivity contribution in [1.29, 1.82) is 5.26 Å². The molecule has 0 radical (unpaired) electrons. The second-order valence-electron chi connectivity index (χ2n) is 3.62. The maximum atomic E-state index is 10.6. The zero-order valence-corrected chi connectivity index (χ0v) is 11.7. The van der Waals surface area contributed by atoms with Gasteiger partial charge in [0.25, 0.3) is 5.69 Å². The second kappa shape index (κ2) is 5.67. The number of allylic oxidation sites excluding steroid dienone is 1. The fourth-order valence-corrected chi connectivity index (χ4v) is 1.93. The molecular formula is C13H7IN2O3. The van der Waals surface area contributed by atoms with Gasteiger partial charge in [-0.2, -0.15) is 5.26 Å². The van der Waals surface area contributed by atoms with E-state index >= 15 is 0 Å². The van der Waals surface area contributed by atoms with Crippen molar-refractivity contribution < 1.29 is 9.34 Å². The number of hydrogen-bond acceptors (Lipinski definition) is 4. The predicted octanol–water partition coefficient (Wildman–Crippen LogP) is 3.86. The fraction of sp³-hybridized carbons (Fsp3) is 0. The van der Waals surface area contributed by atoms with Crippen molar-refractivity contribution in [2.45, 2.75) is 0 Å². The van der Waals surface area contributed by atoms with E-state index in [1.165, 1.54) is 12.1 Å². The molecule has 0 N–H and O–H groups in total. The van der Waals surface area contributed by atoms with E-state index in [4.69, 9.17) is 9.68 Å². The van der Waals surface area contributed by atoms with E-state index < -0.39 is 4.92 Å². The standard InChI is InChI=1S/C13H7IN2O3/c14-13-6-5-12(19-13)7-10(8-15)9-1-3-11(4-2-9)16(17)18/h1-7H/b10-7-. The van der Waals surface area contributed by atoms with Gasteiger partial charge in [-0.05, 0) is 58.5 Å². The van der Waals surface area contributed by atoms with E-state index in [2.05, 4.69) is 6.07 Å². The van der Waals surface area contributed by atoms with Crippen molar-refractivity contribution in [2.75, 3.05) is 0 Å². The molecule has 19 heavy (non-hydrogen) atoms. The molecule has 0 bridgehead atoms. The van der Waals surface area contributed by atoms with Crippen LogP contribution in [-0.4, -0.2) is 4.92 Å². The molecule has 6 heteroatoms. The van der Waals surface area contributed by atoms with Gasteiger partial charge in [-0.1, -0.05) is 0 Å². The van der Waals surface area contributed by atoms with E-state index in [1.54, 1.807) is 30.3 Å². The summed E-state index contributed by atoms with van der Waals surface area (Å²) in [4.78, 5) is 10.1. The average Bonchev–Trinajstić information content (AvgIpc) is 2.81. The number of halogens is 1. The maximum absolute atomic E-state index is 10.6. The number of nitrogens with zero attached hydrogens (tertiary/aromatic N) is 2. The molecule has 0 amide bonds. The number of hydrogen-bond donors (Lipinski definition) is 0. The minimum absolute atomic E-state index is 0.00594. The summed E-state index contributed by atoms with van der Waals surface area (Å²) in [6.45, 7) is 0. The van der Waals surface area contributed by atoms with Gasteiger partial charge in [-0.15, -0.1) is 0 Å². The molecular weight excluding hydrogens is 359 g/mol. The van der Waals surface area contributed by atoms with Gasteiger partial charge in [0.05, 0.1) is 16.6 Å². The van der Waals surface area contributed by atoms with Gasteiger partial charge in [0, 0.05) is 12.1 Å². The Kier molecular flexibility index (Phi) is 3.97. The van der Waals surface area contributed by atoms with Crippen LogP contribution in [0.1, 0.15) is 11.3 Å². The third-order valence-electron chi connectivity index (χ3n) is 2.39. The smallest absolute Gasteiger partial charge is 0.269 e. The number of nitro benzene ring substituents is 1. The monoisotopic (exact) mass is 366 g/mol. The number of furan rings is 1. The highest BCUT2D eigenvalue weighted by Gasteiger charge is 2.07. The first-order valence-corrected chi connectivity index (χ1v) is 6.30. The van der Waals surface area contributed by atoms with Gasteiger partial charge < -0.3 is 4.42 Å². The van der Waals surface area contributed by atoms with Crippen LogP contribution in [0, 0.1) is 25.2 Å². The Morgan fingerprint density at radius 1 is 1.32 bits per heavy atom. The minimum Gasteiger partial charge on any atom is -0.451 e. The number of rotatable bonds is 3. The highest BCUT2D eigenvalue weighted by molar-refractivity contribution is 14.1. The first-order valence-electron chi connectivity index (χ1n) is 5.22. The summed E-state index contributed by atoms with van der Waals surface area (Å²) in [6.07, 6.45) is 1.60.